The normalized spacial score (nSPS) is 11.0. The number of hydrogen-bond acceptors (Lipinski definition) is 5. The highest BCUT2D eigenvalue weighted by Gasteiger charge is 2.08. The van der Waals surface area contributed by atoms with E-state index in [1.807, 2.05) is 42.6 Å². The van der Waals surface area contributed by atoms with Gasteiger partial charge in [0.1, 0.15) is 11.2 Å². The number of pyridine rings is 1. The molecule has 0 aliphatic heterocycles. The van der Waals surface area contributed by atoms with Gasteiger partial charge in [-0.1, -0.05) is 28.6 Å². The zero-order valence-electron chi connectivity index (χ0n) is 11.9. The van der Waals surface area contributed by atoms with Crippen LogP contribution in [0, 0.1) is 0 Å². The second kappa shape index (κ2) is 5.69. The Morgan fingerprint density at radius 3 is 2.91 bits per heavy atom. The predicted molar refractivity (Wildman–Crippen MR) is 84.2 cm³/mol. The maximum absolute atomic E-state index is 6.17. The van der Waals surface area contributed by atoms with Crippen LogP contribution in [0.15, 0.2) is 54.9 Å². The SMILES string of the molecule is Clc1ccccc1-n1ccc(COn2nnc3cccnc32)n1. The second-order valence-electron chi connectivity index (χ2n) is 4.79. The van der Waals surface area contributed by atoms with Crippen LogP contribution in [0.4, 0.5) is 0 Å². The molecule has 23 heavy (non-hydrogen) atoms. The Bertz CT molecular complexity index is 963. The highest BCUT2D eigenvalue weighted by molar-refractivity contribution is 6.32. The molecule has 0 bridgehead atoms. The van der Waals surface area contributed by atoms with Crippen molar-refractivity contribution < 1.29 is 4.84 Å². The van der Waals surface area contributed by atoms with E-state index >= 15 is 0 Å². The Labute approximate surface area is 136 Å². The number of halogens is 1. The summed E-state index contributed by atoms with van der Waals surface area (Å²) in [5.74, 6) is 0. The minimum atomic E-state index is 0.243. The average molecular weight is 327 g/mol. The summed E-state index contributed by atoms with van der Waals surface area (Å²) < 4.78 is 1.71. The Hall–Kier alpha value is -2.93. The Morgan fingerprint density at radius 1 is 1.09 bits per heavy atom. The molecule has 0 radical (unpaired) electrons. The largest absolute Gasteiger partial charge is 0.387 e. The van der Waals surface area contributed by atoms with E-state index in [1.165, 1.54) is 4.85 Å². The maximum Gasteiger partial charge on any atom is 0.219 e. The Balaban J connectivity index is 1.53. The topological polar surface area (TPSA) is 70.7 Å². The first-order valence-corrected chi connectivity index (χ1v) is 7.28. The lowest BCUT2D eigenvalue weighted by Crippen LogP contribution is -2.14. The van der Waals surface area contributed by atoms with Crippen LogP contribution >= 0.6 is 11.6 Å². The first kappa shape index (κ1) is 13.7. The van der Waals surface area contributed by atoms with Gasteiger partial charge in [0.25, 0.3) is 0 Å². The summed E-state index contributed by atoms with van der Waals surface area (Å²) in [6.45, 7) is 0.243. The standard InChI is InChI=1S/C15H11ClN6O/c16-12-4-1-2-6-14(12)21-9-7-11(19-21)10-23-22-15-13(18-20-22)5-3-8-17-15/h1-9H,10H2. The van der Waals surface area contributed by atoms with Crippen molar-refractivity contribution in [3.05, 3.63) is 65.6 Å². The zero-order valence-corrected chi connectivity index (χ0v) is 12.6. The lowest BCUT2D eigenvalue weighted by molar-refractivity contribution is 0.0717. The van der Waals surface area contributed by atoms with Crippen LogP contribution in [-0.2, 0) is 6.61 Å². The van der Waals surface area contributed by atoms with Crippen molar-refractivity contribution in [1.82, 2.24) is 29.9 Å². The second-order valence-corrected chi connectivity index (χ2v) is 5.19. The lowest BCUT2D eigenvalue weighted by atomic mass is 10.3. The molecule has 4 aromatic rings. The lowest BCUT2D eigenvalue weighted by Gasteiger charge is -2.04. The number of hydrogen-bond donors (Lipinski definition) is 0. The molecule has 1 aromatic carbocycles. The number of aromatic nitrogens is 6. The first-order valence-electron chi connectivity index (χ1n) is 6.90. The number of para-hydroxylation sites is 1. The molecule has 7 nitrogen and oxygen atoms in total. The van der Waals surface area contributed by atoms with Gasteiger partial charge in [-0.05, 0) is 35.5 Å². The number of benzene rings is 1. The number of fused-ring (bicyclic) bond motifs is 1. The van der Waals surface area contributed by atoms with Crippen molar-refractivity contribution in [2.75, 3.05) is 0 Å². The molecule has 114 valence electrons. The summed E-state index contributed by atoms with van der Waals surface area (Å²) in [5, 5.41) is 13.0. The van der Waals surface area contributed by atoms with Crippen molar-refractivity contribution in [3.63, 3.8) is 0 Å². The smallest absolute Gasteiger partial charge is 0.219 e. The summed E-state index contributed by atoms with van der Waals surface area (Å²) in [4.78, 5) is 11.1. The van der Waals surface area contributed by atoms with Gasteiger partial charge in [0.15, 0.2) is 6.61 Å². The van der Waals surface area contributed by atoms with Crippen molar-refractivity contribution in [3.8, 4) is 5.69 Å². The minimum Gasteiger partial charge on any atom is -0.387 e. The van der Waals surface area contributed by atoms with Crippen LogP contribution in [-0.4, -0.2) is 29.9 Å². The number of rotatable bonds is 4. The van der Waals surface area contributed by atoms with Crippen molar-refractivity contribution >= 4 is 22.8 Å². The quantitative estimate of drug-likeness (QED) is 0.575. The van der Waals surface area contributed by atoms with E-state index in [1.54, 1.807) is 16.9 Å². The third-order valence-electron chi connectivity index (χ3n) is 3.26. The molecular formula is C15H11ClN6O. The average Bonchev–Trinajstić information content (AvgIpc) is 3.20. The molecule has 0 fully saturated rings. The summed E-state index contributed by atoms with van der Waals surface area (Å²) in [6.07, 6.45) is 3.50. The van der Waals surface area contributed by atoms with Gasteiger partial charge in [0.05, 0.1) is 10.7 Å². The van der Waals surface area contributed by atoms with Gasteiger partial charge in [-0.15, -0.1) is 5.10 Å². The van der Waals surface area contributed by atoms with Crippen molar-refractivity contribution in [2.45, 2.75) is 6.61 Å². The van der Waals surface area contributed by atoms with E-state index in [-0.39, 0.29) is 6.61 Å². The minimum absolute atomic E-state index is 0.243. The summed E-state index contributed by atoms with van der Waals surface area (Å²) >= 11 is 6.17. The molecule has 0 saturated heterocycles. The van der Waals surface area contributed by atoms with E-state index < -0.39 is 0 Å². The fourth-order valence-electron chi connectivity index (χ4n) is 2.17. The molecule has 0 atom stereocenters. The van der Waals surface area contributed by atoms with E-state index in [2.05, 4.69) is 20.4 Å². The third-order valence-corrected chi connectivity index (χ3v) is 3.58. The van der Waals surface area contributed by atoms with Crippen molar-refractivity contribution in [2.24, 2.45) is 0 Å². The molecule has 3 aromatic heterocycles. The highest BCUT2D eigenvalue weighted by Crippen LogP contribution is 2.19. The molecule has 3 heterocycles. The summed E-state index contributed by atoms with van der Waals surface area (Å²) in [5.41, 5.74) is 2.80. The summed E-state index contributed by atoms with van der Waals surface area (Å²) in [6, 6.07) is 13.0. The first-order chi connectivity index (χ1) is 11.3. The molecule has 0 spiro atoms. The fraction of sp³-hybridized carbons (Fsp3) is 0.0667. The molecule has 8 heteroatoms. The van der Waals surface area contributed by atoms with Gasteiger partial charge in [-0.2, -0.15) is 5.10 Å². The van der Waals surface area contributed by atoms with Crippen LogP contribution in [0.2, 0.25) is 5.02 Å². The molecular weight excluding hydrogens is 316 g/mol. The van der Waals surface area contributed by atoms with E-state index in [0.717, 1.165) is 11.4 Å². The fourth-order valence-corrected chi connectivity index (χ4v) is 2.39. The van der Waals surface area contributed by atoms with Gasteiger partial charge < -0.3 is 4.84 Å². The molecule has 0 aliphatic rings. The van der Waals surface area contributed by atoms with Crippen LogP contribution < -0.4 is 4.84 Å². The Morgan fingerprint density at radius 2 is 2.00 bits per heavy atom. The predicted octanol–water partition coefficient (Wildman–Crippen LogP) is 2.29. The van der Waals surface area contributed by atoms with E-state index in [9.17, 15) is 0 Å². The maximum atomic E-state index is 6.17. The molecule has 0 aliphatic carbocycles. The molecule has 4 rings (SSSR count). The van der Waals surface area contributed by atoms with E-state index in [0.29, 0.717) is 16.2 Å². The van der Waals surface area contributed by atoms with Gasteiger partial charge >= 0.3 is 0 Å². The molecule has 0 saturated carbocycles. The van der Waals surface area contributed by atoms with Gasteiger partial charge in [0.2, 0.25) is 5.65 Å². The molecule has 0 unspecified atom stereocenters. The van der Waals surface area contributed by atoms with Gasteiger partial charge in [-0.3, -0.25) is 0 Å². The third kappa shape index (κ3) is 2.62. The van der Waals surface area contributed by atoms with Crippen LogP contribution in [0.1, 0.15) is 5.69 Å². The summed E-state index contributed by atoms with van der Waals surface area (Å²) in [7, 11) is 0. The molecule has 0 N–H and O–H groups in total. The van der Waals surface area contributed by atoms with Crippen molar-refractivity contribution in [1.29, 1.82) is 0 Å². The Kier molecular flexibility index (Phi) is 3.39. The number of nitrogens with zero attached hydrogens (tertiary/aromatic N) is 6. The highest BCUT2D eigenvalue weighted by atomic mass is 35.5. The monoisotopic (exact) mass is 326 g/mol. The van der Waals surface area contributed by atoms with Crippen LogP contribution in [0.25, 0.3) is 16.9 Å². The van der Waals surface area contributed by atoms with Gasteiger partial charge in [0, 0.05) is 12.4 Å². The van der Waals surface area contributed by atoms with E-state index in [4.69, 9.17) is 16.4 Å². The van der Waals surface area contributed by atoms with Crippen LogP contribution in [0.3, 0.4) is 0 Å². The zero-order chi connectivity index (χ0) is 15.6. The molecule has 0 amide bonds. The van der Waals surface area contributed by atoms with Crippen LogP contribution in [0.5, 0.6) is 0 Å². The van der Waals surface area contributed by atoms with Gasteiger partial charge in [-0.25, -0.2) is 9.67 Å².